The molecule has 0 aliphatic rings. The molecule has 0 saturated heterocycles. The maximum absolute atomic E-state index is 9.01. The summed E-state index contributed by atoms with van der Waals surface area (Å²) in [5, 5.41) is 0. The van der Waals surface area contributed by atoms with Crippen LogP contribution in [0.3, 0.4) is 0 Å². The Hall–Kier alpha value is 0.872. The van der Waals surface area contributed by atoms with Gasteiger partial charge < -0.3 is 0 Å². The van der Waals surface area contributed by atoms with Gasteiger partial charge in [0.2, 0.25) is 0 Å². The predicted octanol–water partition coefficient (Wildman–Crippen LogP) is 0.411. The summed E-state index contributed by atoms with van der Waals surface area (Å²) < 4.78 is 18.0. The molecule has 0 heterocycles. The molecule has 4 heteroatoms. The minimum atomic E-state index is -3.64. The van der Waals surface area contributed by atoms with Crippen LogP contribution in [0.15, 0.2) is 0 Å². The van der Waals surface area contributed by atoms with E-state index >= 15 is 0 Å². The monoisotopic (exact) mass is 302 g/mol. The van der Waals surface area contributed by atoms with Crippen LogP contribution in [-0.4, -0.2) is 0 Å². The van der Waals surface area contributed by atoms with Gasteiger partial charge in [-0.3, -0.25) is 0 Å². The molecule has 0 aromatic carbocycles. The third kappa shape index (κ3) is 13.2. The Morgan fingerprint density at radius 2 is 1.50 bits per heavy atom. The Morgan fingerprint density at radius 3 is 1.50 bits per heavy atom. The van der Waals surface area contributed by atoms with Gasteiger partial charge in [-0.1, -0.05) is 0 Å². The fraction of sp³-hybridized carbons (Fsp3) is 0. The summed E-state index contributed by atoms with van der Waals surface area (Å²) in [6, 6.07) is 0. The Kier molecular flexibility index (Phi) is 2.59. The third-order valence-electron chi connectivity index (χ3n) is 0. The Balaban J connectivity index is 4.65. The molecule has 0 aromatic rings. The standard InChI is InChI=1S/2O.S.U. The van der Waals surface area contributed by atoms with E-state index < -0.39 is 23.9 Å². The van der Waals surface area contributed by atoms with Gasteiger partial charge in [0.1, 0.15) is 0 Å². The maximum atomic E-state index is 9.01. The first-order valence-electron chi connectivity index (χ1n) is 0.612. The average molecular weight is 302 g/mol. The molecule has 0 radical (unpaired) electrons. The van der Waals surface area contributed by atoms with Crippen LogP contribution < -0.4 is 0 Å². The minimum absolute atomic E-state index is 3.64. The van der Waals surface area contributed by atoms with Crippen molar-refractivity contribution in [3.8, 4) is 0 Å². The van der Waals surface area contributed by atoms with E-state index in [9.17, 15) is 0 Å². The van der Waals surface area contributed by atoms with E-state index in [1.54, 1.807) is 0 Å². The van der Waals surface area contributed by atoms with Crippen molar-refractivity contribution in [2.24, 2.45) is 0 Å². The molecule has 0 saturated carbocycles. The molecule has 0 rings (SSSR count). The van der Waals surface area contributed by atoms with Gasteiger partial charge in [0, 0.05) is 0 Å². The molecule has 0 aliphatic heterocycles. The molecule has 4 heavy (non-hydrogen) atoms. The van der Waals surface area contributed by atoms with E-state index in [2.05, 4.69) is 7.91 Å². The topological polar surface area (TPSA) is 34.1 Å². The van der Waals surface area contributed by atoms with Crippen LogP contribution in [0.1, 0.15) is 0 Å². The quantitative estimate of drug-likeness (QED) is 0.650. The first-order chi connectivity index (χ1) is 1.73. The second kappa shape index (κ2) is 2.13. The molecule has 0 amide bonds. The van der Waals surface area contributed by atoms with Crippen LogP contribution in [0.2, 0.25) is 0 Å². The summed E-state index contributed by atoms with van der Waals surface area (Å²) in [4.78, 5) is 0. The SMILES string of the molecule is [O]=[U](=[O])=[S]. The van der Waals surface area contributed by atoms with E-state index in [1.165, 1.54) is 0 Å². The van der Waals surface area contributed by atoms with Crippen molar-refractivity contribution < 1.29 is 28.4 Å². The van der Waals surface area contributed by atoms with Crippen molar-refractivity contribution in [3.63, 3.8) is 0 Å². The van der Waals surface area contributed by atoms with Gasteiger partial charge in [0.05, 0.1) is 0 Å². The molecule has 0 unspecified atom stereocenters. The zero-order valence-electron chi connectivity index (χ0n) is 1.72. The van der Waals surface area contributed by atoms with Crippen LogP contribution >= 0.6 is 7.91 Å². The van der Waals surface area contributed by atoms with Gasteiger partial charge in [0.25, 0.3) is 0 Å². The zero-order chi connectivity index (χ0) is 3.58. The molecule has 0 bridgehead atoms. The van der Waals surface area contributed by atoms with E-state index in [4.69, 9.17) is 4.47 Å². The number of hydrogen-bond acceptors (Lipinski definition) is 3. The first-order valence-corrected chi connectivity index (χ1v) is 9.52. The van der Waals surface area contributed by atoms with Crippen LogP contribution in [0.4, 0.5) is 0 Å². The average Bonchev–Trinajstić information content (AvgIpc) is 0.811. The van der Waals surface area contributed by atoms with Gasteiger partial charge in [-0.2, -0.15) is 0 Å². The predicted molar refractivity (Wildman–Crippen MR) is 8.96 cm³/mol. The molecule has 22 valence electrons. The number of rotatable bonds is 0. The van der Waals surface area contributed by atoms with Crippen LogP contribution in [0.5, 0.6) is 0 Å². The summed E-state index contributed by atoms with van der Waals surface area (Å²) in [5.74, 6) is 0. The third-order valence-corrected chi connectivity index (χ3v) is 0. The fourth-order valence-corrected chi connectivity index (χ4v) is 0. The van der Waals surface area contributed by atoms with Crippen molar-refractivity contribution >= 4 is 7.91 Å². The van der Waals surface area contributed by atoms with Crippen molar-refractivity contribution in [2.75, 3.05) is 0 Å². The van der Waals surface area contributed by atoms with Crippen molar-refractivity contribution in [3.05, 3.63) is 0 Å². The molecular formula is O2SU. The van der Waals surface area contributed by atoms with E-state index in [0.29, 0.717) is 0 Å². The molecule has 0 spiro atoms. The molecule has 0 atom stereocenters. The summed E-state index contributed by atoms with van der Waals surface area (Å²) >= 11 is -3.64. The van der Waals surface area contributed by atoms with Gasteiger partial charge in [-0.25, -0.2) is 0 Å². The van der Waals surface area contributed by atoms with E-state index in [1.807, 2.05) is 0 Å². The Morgan fingerprint density at radius 1 is 1.50 bits per heavy atom. The molecule has 0 aromatic heterocycles. The first kappa shape index (κ1) is 4.87. The normalized spacial score (nSPS) is 6.00. The molecule has 2 nitrogen and oxygen atoms in total. The fourth-order valence-electron chi connectivity index (χ4n) is 0. The zero-order valence-corrected chi connectivity index (χ0v) is 6.70. The van der Waals surface area contributed by atoms with Gasteiger partial charge in [0.15, 0.2) is 0 Å². The van der Waals surface area contributed by atoms with Crippen molar-refractivity contribution in [1.29, 1.82) is 0 Å². The van der Waals surface area contributed by atoms with Crippen LogP contribution in [-0.2, 0) is 4.47 Å². The Bertz CT molecular complexity index is 75.4. The van der Waals surface area contributed by atoms with E-state index in [0.717, 1.165) is 0 Å². The summed E-state index contributed by atoms with van der Waals surface area (Å²) in [6.45, 7) is 0. The molecule has 0 N–H and O–H groups in total. The van der Waals surface area contributed by atoms with Gasteiger partial charge in [-0.15, -0.1) is 0 Å². The van der Waals surface area contributed by atoms with Crippen molar-refractivity contribution in [2.45, 2.75) is 0 Å². The molecular weight excluding hydrogens is 302 g/mol. The Labute approximate surface area is 36.1 Å². The van der Waals surface area contributed by atoms with Gasteiger partial charge >= 0.3 is 36.3 Å². The second-order valence-electron chi connectivity index (χ2n) is 0.250. The summed E-state index contributed by atoms with van der Waals surface area (Å²) in [7, 11) is 3.73. The van der Waals surface area contributed by atoms with Crippen molar-refractivity contribution in [1.82, 2.24) is 0 Å². The van der Waals surface area contributed by atoms with Crippen LogP contribution in [0, 0.1) is 23.9 Å². The number of hydrogen-bond donors (Lipinski definition) is 0. The van der Waals surface area contributed by atoms with Crippen LogP contribution in [0.25, 0.3) is 0 Å². The second-order valence-corrected chi connectivity index (χ2v) is 5.44. The van der Waals surface area contributed by atoms with Gasteiger partial charge in [-0.05, 0) is 0 Å². The molecule has 0 fully saturated rings. The summed E-state index contributed by atoms with van der Waals surface area (Å²) in [5.41, 5.74) is 0. The molecule has 0 aliphatic carbocycles. The van der Waals surface area contributed by atoms with E-state index in [-0.39, 0.29) is 0 Å². The summed E-state index contributed by atoms with van der Waals surface area (Å²) in [6.07, 6.45) is 0.